The first kappa shape index (κ1) is 20.2. The Kier molecular flexibility index (Phi) is 8.92. The van der Waals surface area contributed by atoms with E-state index in [0.717, 1.165) is 58.5 Å². The second-order valence-corrected chi connectivity index (χ2v) is 7.74. The van der Waals surface area contributed by atoms with Crippen molar-refractivity contribution in [3.05, 3.63) is 0 Å². The third-order valence-corrected chi connectivity index (χ3v) is 3.90. The molecule has 0 saturated carbocycles. The summed E-state index contributed by atoms with van der Waals surface area (Å²) in [6.07, 6.45) is 4.55. The summed E-state index contributed by atoms with van der Waals surface area (Å²) in [6, 6.07) is 0. The number of amides is 1. The maximum Gasteiger partial charge on any atom is 0.410 e. The molecule has 0 radical (unpaired) electrons. The molecule has 1 N–H and O–H groups in total. The highest BCUT2D eigenvalue weighted by Crippen LogP contribution is 2.19. The van der Waals surface area contributed by atoms with Crippen LogP contribution in [0.15, 0.2) is 0 Å². The topological polar surface area (TPSA) is 50.8 Å². The lowest BCUT2D eigenvalue weighted by Crippen LogP contribution is -2.43. The van der Waals surface area contributed by atoms with Crippen molar-refractivity contribution in [2.24, 2.45) is 5.92 Å². The van der Waals surface area contributed by atoms with E-state index < -0.39 is 5.60 Å². The molecule has 1 heterocycles. The summed E-state index contributed by atoms with van der Waals surface area (Å²) >= 11 is 0. The fourth-order valence-corrected chi connectivity index (χ4v) is 2.62. The van der Waals surface area contributed by atoms with E-state index in [4.69, 9.17) is 9.47 Å². The lowest BCUT2D eigenvalue weighted by atomic mass is 9.97. The molecule has 5 nitrogen and oxygen atoms in total. The fraction of sp³-hybridized carbons (Fsp3) is 0.944. The van der Waals surface area contributed by atoms with Crippen molar-refractivity contribution in [1.29, 1.82) is 0 Å². The Hall–Kier alpha value is -0.810. The first-order valence-electron chi connectivity index (χ1n) is 9.08. The summed E-state index contributed by atoms with van der Waals surface area (Å²) in [5.41, 5.74) is -0.408. The van der Waals surface area contributed by atoms with Crippen LogP contribution in [0.25, 0.3) is 0 Å². The highest BCUT2D eigenvalue weighted by Gasteiger charge is 2.26. The maximum atomic E-state index is 12.0. The molecule has 136 valence electrons. The van der Waals surface area contributed by atoms with Crippen LogP contribution in [0.3, 0.4) is 0 Å². The molecule has 0 aromatic rings. The molecule has 1 aliphatic heterocycles. The summed E-state index contributed by atoms with van der Waals surface area (Å²) in [4.78, 5) is 13.8. The predicted octanol–water partition coefficient (Wildman–Crippen LogP) is 3.43. The van der Waals surface area contributed by atoms with Crippen LogP contribution in [0.1, 0.15) is 60.3 Å². The minimum Gasteiger partial charge on any atom is -0.444 e. The number of hydrogen-bond donors (Lipinski definition) is 1. The molecule has 0 bridgehead atoms. The van der Waals surface area contributed by atoms with Gasteiger partial charge in [0.25, 0.3) is 0 Å². The van der Waals surface area contributed by atoms with Gasteiger partial charge < -0.3 is 19.7 Å². The van der Waals surface area contributed by atoms with E-state index in [1.54, 1.807) is 0 Å². The molecule has 5 heteroatoms. The van der Waals surface area contributed by atoms with Gasteiger partial charge in [-0.25, -0.2) is 4.79 Å². The van der Waals surface area contributed by atoms with Crippen LogP contribution >= 0.6 is 0 Å². The third kappa shape index (κ3) is 9.82. The van der Waals surface area contributed by atoms with E-state index in [0.29, 0.717) is 12.0 Å². The number of carbonyl (C=O) groups is 1. The van der Waals surface area contributed by atoms with Gasteiger partial charge >= 0.3 is 6.09 Å². The van der Waals surface area contributed by atoms with Gasteiger partial charge in [0.1, 0.15) is 5.60 Å². The number of unbranched alkanes of at least 4 members (excludes halogenated alkanes) is 1. The van der Waals surface area contributed by atoms with Gasteiger partial charge in [0.2, 0.25) is 0 Å². The number of carbonyl (C=O) groups excluding carboxylic acids is 1. The van der Waals surface area contributed by atoms with Gasteiger partial charge in [0.05, 0.1) is 6.10 Å². The quantitative estimate of drug-likeness (QED) is 0.694. The number of piperidine rings is 1. The van der Waals surface area contributed by atoms with E-state index in [2.05, 4.69) is 19.2 Å². The molecule has 1 aliphatic rings. The Bertz CT molecular complexity index is 332. The van der Waals surface area contributed by atoms with Gasteiger partial charge in [0, 0.05) is 19.7 Å². The summed E-state index contributed by atoms with van der Waals surface area (Å²) in [7, 11) is 0. The first-order valence-corrected chi connectivity index (χ1v) is 9.08. The zero-order valence-electron chi connectivity index (χ0n) is 15.7. The minimum atomic E-state index is -0.408. The van der Waals surface area contributed by atoms with Gasteiger partial charge in [-0.2, -0.15) is 0 Å². The normalized spacial score (nSPS) is 16.9. The Labute approximate surface area is 142 Å². The Morgan fingerprint density at radius 3 is 2.43 bits per heavy atom. The van der Waals surface area contributed by atoms with Crippen LogP contribution in [-0.4, -0.2) is 55.5 Å². The van der Waals surface area contributed by atoms with E-state index in [-0.39, 0.29) is 6.09 Å². The number of hydrogen-bond acceptors (Lipinski definition) is 4. The van der Waals surface area contributed by atoms with Crippen LogP contribution in [0.2, 0.25) is 0 Å². The minimum absolute atomic E-state index is 0.172. The molecule has 0 aromatic carbocycles. The number of ether oxygens (including phenoxy) is 2. The zero-order chi connectivity index (χ0) is 17.3. The van der Waals surface area contributed by atoms with Crippen molar-refractivity contribution >= 4 is 6.09 Å². The van der Waals surface area contributed by atoms with Crippen molar-refractivity contribution in [2.75, 3.05) is 32.8 Å². The molecule has 1 saturated heterocycles. The van der Waals surface area contributed by atoms with E-state index in [9.17, 15) is 4.79 Å². The van der Waals surface area contributed by atoms with Crippen molar-refractivity contribution in [3.8, 4) is 0 Å². The average molecular weight is 328 g/mol. The molecular formula is C18H36N2O3. The van der Waals surface area contributed by atoms with Crippen molar-refractivity contribution in [1.82, 2.24) is 10.2 Å². The molecule has 0 aliphatic carbocycles. The predicted molar refractivity (Wildman–Crippen MR) is 93.7 cm³/mol. The van der Waals surface area contributed by atoms with Crippen molar-refractivity contribution in [3.63, 3.8) is 0 Å². The van der Waals surface area contributed by atoms with Crippen LogP contribution in [-0.2, 0) is 9.47 Å². The number of nitrogens with zero attached hydrogens (tertiary/aromatic N) is 1. The van der Waals surface area contributed by atoms with Crippen LogP contribution in [0.4, 0.5) is 4.79 Å². The lowest BCUT2D eigenvalue weighted by Gasteiger charge is -2.33. The smallest absolute Gasteiger partial charge is 0.410 e. The summed E-state index contributed by atoms with van der Waals surface area (Å²) < 4.78 is 11.0. The number of rotatable bonds is 8. The molecule has 0 unspecified atom stereocenters. The van der Waals surface area contributed by atoms with Gasteiger partial charge in [-0.1, -0.05) is 0 Å². The number of nitrogens with one attached hydrogen (secondary N) is 1. The fourth-order valence-electron chi connectivity index (χ4n) is 2.62. The van der Waals surface area contributed by atoms with Gasteiger partial charge in [-0.05, 0) is 79.3 Å². The average Bonchev–Trinajstić information content (AvgIpc) is 2.44. The Morgan fingerprint density at radius 2 is 1.87 bits per heavy atom. The maximum absolute atomic E-state index is 12.0. The largest absolute Gasteiger partial charge is 0.444 e. The molecule has 1 rings (SSSR count). The molecule has 0 aromatic heterocycles. The van der Waals surface area contributed by atoms with Crippen LogP contribution < -0.4 is 5.32 Å². The van der Waals surface area contributed by atoms with Crippen molar-refractivity contribution < 1.29 is 14.3 Å². The Balaban J connectivity index is 2.05. The molecule has 0 spiro atoms. The molecule has 1 fully saturated rings. The second-order valence-electron chi connectivity index (χ2n) is 7.74. The van der Waals surface area contributed by atoms with Gasteiger partial charge in [-0.15, -0.1) is 0 Å². The zero-order valence-corrected chi connectivity index (χ0v) is 15.7. The van der Waals surface area contributed by atoms with Gasteiger partial charge in [-0.3, -0.25) is 0 Å². The third-order valence-electron chi connectivity index (χ3n) is 3.90. The SMILES string of the molecule is CC(C)OCCCCNCC1CCN(C(=O)OC(C)(C)C)CC1. The standard InChI is InChI=1S/C18H36N2O3/c1-15(2)22-13-7-6-10-19-14-16-8-11-20(12-9-16)17(21)23-18(3,4)5/h15-16,19H,6-14H2,1-5H3. The molecule has 1 amide bonds. The van der Waals surface area contributed by atoms with E-state index >= 15 is 0 Å². The second kappa shape index (κ2) is 10.1. The van der Waals surface area contributed by atoms with E-state index in [1.165, 1.54) is 0 Å². The summed E-state index contributed by atoms with van der Waals surface area (Å²) in [5.74, 6) is 0.667. The number of likely N-dealkylation sites (tertiary alicyclic amines) is 1. The van der Waals surface area contributed by atoms with Gasteiger partial charge in [0.15, 0.2) is 0 Å². The van der Waals surface area contributed by atoms with Crippen LogP contribution in [0, 0.1) is 5.92 Å². The lowest BCUT2D eigenvalue weighted by molar-refractivity contribution is 0.0184. The first-order chi connectivity index (χ1) is 10.8. The summed E-state index contributed by atoms with van der Waals surface area (Å²) in [5, 5.41) is 3.54. The van der Waals surface area contributed by atoms with Crippen LogP contribution in [0.5, 0.6) is 0 Å². The molecule has 23 heavy (non-hydrogen) atoms. The summed E-state index contributed by atoms with van der Waals surface area (Å²) in [6.45, 7) is 14.4. The molecular weight excluding hydrogens is 292 g/mol. The highest BCUT2D eigenvalue weighted by atomic mass is 16.6. The highest BCUT2D eigenvalue weighted by molar-refractivity contribution is 5.68. The monoisotopic (exact) mass is 328 g/mol. The Morgan fingerprint density at radius 1 is 1.22 bits per heavy atom. The van der Waals surface area contributed by atoms with Crippen molar-refractivity contribution in [2.45, 2.75) is 72.0 Å². The van der Waals surface area contributed by atoms with E-state index in [1.807, 2.05) is 25.7 Å². The molecule has 0 atom stereocenters.